The second-order valence-electron chi connectivity index (χ2n) is 7.49. The lowest BCUT2D eigenvalue weighted by Gasteiger charge is -2.31. The number of alkyl halides is 15. The highest BCUT2D eigenvalue weighted by Gasteiger charge is 2.61. The first-order chi connectivity index (χ1) is 17.2. The molecular formula is C18H4F15N3O3. The van der Waals surface area contributed by atoms with E-state index >= 15 is 0 Å². The Kier molecular flexibility index (Phi) is 6.29. The van der Waals surface area contributed by atoms with Crippen molar-refractivity contribution >= 4 is 17.6 Å². The number of nitrogens with zero attached hydrogens (tertiary/aromatic N) is 1. The Labute approximate surface area is 201 Å². The minimum Gasteiger partial charge on any atom is -0.384 e. The van der Waals surface area contributed by atoms with E-state index in [0.29, 0.717) is 0 Å². The van der Waals surface area contributed by atoms with Crippen LogP contribution in [0.3, 0.4) is 0 Å². The number of halogens is 15. The highest BCUT2D eigenvalue weighted by atomic mass is 19.4. The van der Waals surface area contributed by atoms with Crippen molar-refractivity contribution in [2.75, 3.05) is 5.73 Å². The molecule has 1 aromatic heterocycles. The number of imide groups is 1. The number of hydrogen-bond donors (Lipinski definition) is 2. The molecule has 0 atom stereocenters. The molecule has 2 amide bonds. The molecule has 6 nitrogen and oxygen atoms in total. The number of carbonyl (C=O) groups excluding carboxylic acids is 2. The van der Waals surface area contributed by atoms with Crippen LogP contribution < -0.4 is 16.6 Å². The zero-order valence-electron chi connectivity index (χ0n) is 17.5. The van der Waals surface area contributed by atoms with Gasteiger partial charge in [0.25, 0.3) is 17.4 Å². The summed E-state index contributed by atoms with van der Waals surface area (Å²) in [5, 5.41) is 1.36. The summed E-state index contributed by atoms with van der Waals surface area (Å²) in [6.07, 6.45) is -35.3. The Morgan fingerprint density at radius 2 is 0.897 bits per heavy atom. The number of pyridine rings is 1. The molecule has 21 heteroatoms. The maximum Gasteiger partial charge on any atom is 0.419 e. The standard InChI is InChI=1S/C18H4F15N3O3/c19-14(20,21)5-6(15(22,23)24)8(17(28,29)30)10(9(18(31,32)33)7(5)16(25,26)27)36-3(37)1-2-4(11(36)34)13(39)35-12(2)38/h1H,34H2,(H,35,38,39). The van der Waals surface area contributed by atoms with Gasteiger partial charge in [-0.2, -0.15) is 65.9 Å². The van der Waals surface area contributed by atoms with Gasteiger partial charge in [-0.25, -0.2) is 0 Å². The third-order valence-corrected chi connectivity index (χ3v) is 5.07. The van der Waals surface area contributed by atoms with Crippen LogP contribution in [0.25, 0.3) is 5.69 Å². The molecule has 0 saturated heterocycles. The van der Waals surface area contributed by atoms with Gasteiger partial charge in [-0.15, -0.1) is 0 Å². The largest absolute Gasteiger partial charge is 0.419 e. The van der Waals surface area contributed by atoms with Crippen LogP contribution in [0.15, 0.2) is 10.9 Å². The van der Waals surface area contributed by atoms with Crippen molar-refractivity contribution in [2.45, 2.75) is 30.9 Å². The van der Waals surface area contributed by atoms with Crippen molar-refractivity contribution in [3.63, 3.8) is 0 Å². The van der Waals surface area contributed by atoms with Gasteiger partial charge < -0.3 is 5.73 Å². The Hall–Kier alpha value is -3.94. The number of nitrogens with two attached hydrogens (primary N) is 1. The second kappa shape index (κ2) is 8.28. The summed E-state index contributed by atoms with van der Waals surface area (Å²) in [7, 11) is 0. The number of rotatable bonds is 1. The summed E-state index contributed by atoms with van der Waals surface area (Å²) >= 11 is 0. The molecule has 2 heterocycles. The molecule has 2 aromatic rings. The number of carbonyl (C=O) groups is 2. The van der Waals surface area contributed by atoms with Gasteiger partial charge in [0.05, 0.1) is 44.6 Å². The van der Waals surface area contributed by atoms with Gasteiger partial charge in [-0.1, -0.05) is 0 Å². The number of nitrogens with one attached hydrogen (secondary N) is 1. The van der Waals surface area contributed by atoms with Crippen LogP contribution in [0, 0.1) is 0 Å². The van der Waals surface area contributed by atoms with E-state index in [-0.39, 0.29) is 6.07 Å². The van der Waals surface area contributed by atoms with Gasteiger partial charge >= 0.3 is 30.9 Å². The molecule has 0 spiro atoms. The molecule has 0 aliphatic carbocycles. The molecule has 3 rings (SSSR count). The highest BCUT2D eigenvalue weighted by Crippen LogP contribution is 2.57. The quantitative estimate of drug-likeness (QED) is 0.342. The minimum absolute atomic E-state index is 0.259. The van der Waals surface area contributed by atoms with Crippen LogP contribution in [-0.2, 0) is 30.9 Å². The van der Waals surface area contributed by atoms with Gasteiger partial charge in [0.1, 0.15) is 5.82 Å². The topological polar surface area (TPSA) is 94.2 Å². The van der Waals surface area contributed by atoms with Crippen LogP contribution in [0.2, 0.25) is 0 Å². The molecule has 0 saturated carbocycles. The molecule has 39 heavy (non-hydrogen) atoms. The summed E-state index contributed by atoms with van der Waals surface area (Å²) in [6, 6.07) is -0.259. The van der Waals surface area contributed by atoms with E-state index in [1.54, 1.807) is 0 Å². The molecule has 1 aromatic carbocycles. The van der Waals surface area contributed by atoms with Gasteiger partial charge in [0, 0.05) is 6.07 Å². The van der Waals surface area contributed by atoms with E-state index < -0.39 is 103 Å². The van der Waals surface area contributed by atoms with Gasteiger partial charge in [-0.05, 0) is 0 Å². The summed E-state index contributed by atoms with van der Waals surface area (Å²) in [5.74, 6) is -5.32. The van der Waals surface area contributed by atoms with Crippen LogP contribution in [0.5, 0.6) is 0 Å². The summed E-state index contributed by atoms with van der Waals surface area (Å²) < 4.78 is 205. The number of amides is 2. The zero-order valence-corrected chi connectivity index (χ0v) is 17.5. The van der Waals surface area contributed by atoms with Crippen LogP contribution in [-0.4, -0.2) is 16.4 Å². The van der Waals surface area contributed by atoms with Crippen molar-refractivity contribution in [3.05, 3.63) is 55.4 Å². The average Bonchev–Trinajstić information content (AvgIpc) is 2.95. The third kappa shape index (κ3) is 4.73. The first-order valence-corrected chi connectivity index (χ1v) is 9.23. The van der Waals surface area contributed by atoms with E-state index in [9.17, 15) is 80.2 Å². The Bertz CT molecular complexity index is 1420. The molecule has 3 N–H and O–H groups in total. The molecule has 0 unspecified atom stereocenters. The molecule has 1 aliphatic rings. The number of anilines is 1. The lowest BCUT2D eigenvalue weighted by Crippen LogP contribution is -2.36. The normalized spacial score (nSPS) is 15.1. The van der Waals surface area contributed by atoms with E-state index in [4.69, 9.17) is 5.73 Å². The monoisotopic (exact) mass is 595 g/mol. The Morgan fingerprint density at radius 1 is 0.564 bits per heavy atom. The zero-order chi connectivity index (χ0) is 30.4. The molecule has 1 aliphatic heterocycles. The predicted octanol–water partition coefficient (Wildman–Crippen LogP) is 5.40. The number of fused-ring (bicyclic) bond motifs is 1. The molecular weight excluding hydrogens is 591 g/mol. The van der Waals surface area contributed by atoms with E-state index in [2.05, 4.69) is 0 Å². The predicted molar refractivity (Wildman–Crippen MR) is 93.3 cm³/mol. The van der Waals surface area contributed by atoms with Gasteiger partial charge in [0.2, 0.25) is 0 Å². The number of aromatic nitrogens is 1. The van der Waals surface area contributed by atoms with Gasteiger partial charge in [0.15, 0.2) is 0 Å². The number of nitrogen functional groups attached to an aromatic ring is 1. The van der Waals surface area contributed by atoms with Crippen LogP contribution in [0.4, 0.5) is 71.7 Å². The lowest BCUT2D eigenvalue weighted by atomic mass is 9.86. The van der Waals surface area contributed by atoms with Crippen molar-refractivity contribution in [2.24, 2.45) is 0 Å². The highest BCUT2D eigenvalue weighted by molar-refractivity contribution is 6.23. The maximum absolute atomic E-state index is 14.0. The fourth-order valence-corrected chi connectivity index (χ4v) is 3.87. The van der Waals surface area contributed by atoms with Crippen LogP contribution >= 0.6 is 0 Å². The molecule has 0 radical (unpaired) electrons. The van der Waals surface area contributed by atoms with E-state index in [1.807, 2.05) is 0 Å². The first-order valence-electron chi connectivity index (χ1n) is 9.23. The minimum atomic E-state index is -7.14. The summed E-state index contributed by atoms with van der Waals surface area (Å²) in [4.78, 5) is 36.1. The van der Waals surface area contributed by atoms with E-state index in [1.165, 1.54) is 5.32 Å². The summed E-state index contributed by atoms with van der Waals surface area (Å²) in [5.41, 5.74) is -24.3. The van der Waals surface area contributed by atoms with Crippen molar-refractivity contribution in [1.82, 2.24) is 9.88 Å². The number of benzene rings is 1. The fourth-order valence-electron chi connectivity index (χ4n) is 3.87. The molecule has 0 bridgehead atoms. The second-order valence-corrected chi connectivity index (χ2v) is 7.49. The van der Waals surface area contributed by atoms with Crippen molar-refractivity contribution in [3.8, 4) is 5.69 Å². The smallest absolute Gasteiger partial charge is 0.384 e. The first kappa shape index (κ1) is 29.6. The third-order valence-electron chi connectivity index (χ3n) is 5.07. The number of hydrogen-bond acceptors (Lipinski definition) is 4. The Balaban J connectivity index is 2.94. The van der Waals surface area contributed by atoms with Crippen molar-refractivity contribution < 1.29 is 75.4 Å². The van der Waals surface area contributed by atoms with E-state index in [0.717, 1.165) is 0 Å². The lowest BCUT2D eigenvalue weighted by molar-refractivity contribution is -0.188. The summed E-state index contributed by atoms with van der Waals surface area (Å²) in [6.45, 7) is 0. The van der Waals surface area contributed by atoms with Crippen molar-refractivity contribution in [1.29, 1.82) is 0 Å². The SMILES string of the molecule is Nc1c2c(cc(=O)n1-c1c(C(F)(F)F)c(C(F)(F)F)c(C(F)(F)F)c(C(F)(F)F)c1C(F)(F)F)C(=O)NC2=O. The Morgan fingerprint density at radius 3 is 1.23 bits per heavy atom. The molecule has 0 fully saturated rings. The van der Waals surface area contributed by atoms with Crippen LogP contribution in [0.1, 0.15) is 48.5 Å². The fraction of sp³-hybridized carbons (Fsp3) is 0.278. The molecule has 214 valence electrons. The average molecular weight is 595 g/mol. The van der Waals surface area contributed by atoms with Gasteiger partial charge in [-0.3, -0.25) is 24.3 Å². The maximum atomic E-state index is 14.0.